The van der Waals surface area contributed by atoms with Crippen molar-refractivity contribution in [3.8, 4) is 0 Å². The summed E-state index contributed by atoms with van der Waals surface area (Å²) >= 11 is 0. The van der Waals surface area contributed by atoms with E-state index in [0.717, 1.165) is 31.8 Å². The van der Waals surface area contributed by atoms with Crippen molar-refractivity contribution in [3.05, 3.63) is 0 Å². The third-order valence-electron chi connectivity index (χ3n) is 3.46. The summed E-state index contributed by atoms with van der Waals surface area (Å²) in [5, 5.41) is 8.02. The number of likely N-dealkylation sites (tertiary alicyclic amines) is 1. The number of hydrogen-bond donors (Lipinski definition) is 1. The Balaban J connectivity index is 1.96. The van der Waals surface area contributed by atoms with Gasteiger partial charge in [0.25, 0.3) is 0 Å². The van der Waals surface area contributed by atoms with Crippen molar-refractivity contribution >= 4 is 5.84 Å². The average molecular weight is 196 g/mol. The molecule has 14 heavy (non-hydrogen) atoms. The van der Waals surface area contributed by atoms with Crippen LogP contribution in [0.4, 0.5) is 0 Å². The van der Waals surface area contributed by atoms with Gasteiger partial charge in [-0.25, -0.2) is 0 Å². The van der Waals surface area contributed by atoms with Gasteiger partial charge in [-0.1, -0.05) is 0 Å². The Hall–Kier alpha value is -0.570. The Morgan fingerprint density at radius 2 is 2.21 bits per heavy atom. The van der Waals surface area contributed by atoms with E-state index < -0.39 is 0 Å². The van der Waals surface area contributed by atoms with Gasteiger partial charge in [-0.15, -0.1) is 0 Å². The fourth-order valence-electron chi connectivity index (χ4n) is 2.19. The number of nitrogens with zero attached hydrogens (tertiary/aromatic N) is 1. The summed E-state index contributed by atoms with van der Waals surface area (Å²) in [6.07, 6.45) is 4.72. The summed E-state index contributed by atoms with van der Waals surface area (Å²) in [5.74, 6) is 1.42. The van der Waals surface area contributed by atoms with Crippen LogP contribution in [0.3, 0.4) is 0 Å². The van der Waals surface area contributed by atoms with Crippen molar-refractivity contribution in [1.29, 1.82) is 5.41 Å². The SMILES string of the molecule is COC1(C)CCCN(C(=N)C2CC2)C1. The van der Waals surface area contributed by atoms with E-state index in [1.807, 2.05) is 0 Å². The maximum absolute atomic E-state index is 8.02. The van der Waals surface area contributed by atoms with Crippen LogP contribution in [-0.4, -0.2) is 36.5 Å². The fraction of sp³-hybridized carbons (Fsp3) is 0.909. The zero-order valence-corrected chi connectivity index (χ0v) is 9.18. The van der Waals surface area contributed by atoms with Crippen molar-refractivity contribution in [2.45, 2.75) is 38.2 Å². The van der Waals surface area contributed by atoms with Gasteiger partial charge in [0.15, 0.2) is 0 Å². The van der Waals surface area contributed by atoms with Crippen LogP contribution in [0, 0.1) is 11.3 Å². The molecule has 1 N–H and O–H groups in total. The highest BCUT2D eigenvalue weighted by atomic mass is 16.5. The minimum atomic E-state index is -0.0283. The van der Waals surface area contributed by atoms with Gasteiger partial charge in [-0.2, -0.15) is 0 Å². The van der Waals surface area contributed by atoms with Gasteiger partial charge in [0.1, 0.15) is 0 Å². The van der Waals surface area contributed by atoms with E-state index >= 15 is 0 Å². The first-order valence-corrected chi connectivity index (χ1v) is 5.53. The molecule has 1 aliphatic heterocycles. The largest absolute Gasteiger partial charge is 0.377 e. The average Bonchev–Trinajstić information content (AvgIpc) is 3.00. The zero-order valence-electron chi connectivity index (χ0n) is 9.18. The lowest BCUT2D eigenvalue weighted by atomic mass is 9.94. The van der Waals surface area contributed by atoms with Crippen LogP contribution in [0.25, 0.3) is 0 Å². The van der Waals surface area contributed by atoms with E-state index in [-0.39, 0.29) is 5.60 Å². The second-order valence-corrected chi connectivity index (χ2v) is 4.84. The Morgan fingerprint density at radius 3 is 2.79 bits per heavy atom. The standard InChI is InChI=1S/C11H20N2O/c1-11(14-2)6-3-7-13(8-11)10(12)9-4-5-9/h9,12H,3-8H2,1-2H3. The minimum Gasteiger partial charge on any atom is -0.377 e. The second kappa shape index (κ2) is 3.54. The van der Waals surface area contributed by atoms with Gasteiger partial charge < -0.3 is 9.64 Å². The zero-order chi connectivity index (χ0) is 10.2. The Bertz CT molecular complexity index is 237. The van der Waals surface area contributed by atoms with Crippen molar-refractivity contribution in [3.63, 3.8) is 0 Å². The smallest absolute Gasteiger partial charge is 0.0990 e. The van der Waals surface area contributed by atoms with Crippen molar-refractivity contribution in [2.75, 3.05) is 20.2 Å². The van der Waals surface area contributed by atoms with Crippen LogP contribution in [0.2, 0.25) is 0 Å². The summed E-state index contributed by atoms with van der Waals surface area (Å²) in [4.78, 5) is 2.21. The molecule has 1 saturated carbocycles. The number of piperidine rings is 1. The highest BCUT2D eigenvalue weighted by Crippen LogP contribution is 2.33. The first-order valence-electron chi connectivity index (χ1n) is 5.53. The van der Waals surface area contributed by atoms with Gasteiger partial charge in [-0.3, -0.25) is 5.41 Å². The lowest BCUT2D eigenvalue weighted by Gasteiger charge is -2.40. The van der Waals surface area contributed by atoms with E-state index in [1.54, 1.807) is 7.11 Å². The highest BCUT2D eigenvalue weighted by molar-refractivity contribution is 5.83. The van der Waals surface area contributed by atoms with E-state index in [9.17, 15) is 0 Å². The van der Waals surface area contributed by atoms with E-state index in [4.69, 9.17) is 10.1 Å². The first kappa shape index (κ1) is 9.97. The molecule has 0 aromatic carbocycles. The fourth-order valence-corrected chi connectivity index (χ4v) is 2.19. The van der Waals surface area contributed by atoms with Crippen molar-refractivity contribution in [2.24, 2.45) is 5.92 Å². The molecule has 2 fully saturated rings. The molecule has 2 rings (SSSR count). The number of amidine groups is 1. The van der Waals surface area contributed by atoms with Crippen LogP contribution >= 0.6 is 0 Å². The number of hydrogen-bond acceptors (Lipinski definition) is 2. The lowest BCUT2D eigenvalue weighted by Crippen LogP contribution is -2.49. The summed E-state index contributed by atoms with van der Waals surface area (Å²) in [6.45, 7) is 4.10. The molecule has 1 saturated heterocycles. The maximum Gasteiger partial charge on any atom is 0.0990 e. The number of rotatable bonds is 2. The van der Waals surface area contributed by atoms with Crippen LogP contribution in [0.15, 0.2) is 0 Å². The van der Waals surface area contributed by atoms with Crippen LogP contribution < -0.4 is 0 Å². The van der Waals surface area contributed by atoms with Gasteiger partial charge in [0, 0.05) is 26.1 Å². The molecule has 0 spiro atoms. The third-order valence-corrected chi connectivity index (χ3v) is 3.46. The molecule has 0 amide bonds. The molecule has 0 radical (unpaired) electrons. The predicted octanol–water partition coefficient (Wildman–Crippen LogP) is 1.87. The quantitative estimate of drug-likeness (QED) is 0.540. The van der Waals surface area contributed by atoms with E-state index in [0.29, 0.717) is 5.92 Å². The van der Waals surface area contributed by atoms with Crippen molar-refractivity contribution in [1.82, 2.24) is 4.90 Å². The lowest BCUT2D eigenvalue weighted by molar-refractivity contribution is -0.0355. The van der Waals surface area contributed by atoms with E-state index in [2.05, 4.69) is 11.8 Å². The molecule has 1 heterocycles. The molecule has 3 nitrogen and oxygen atoms in total. The molecule has 0 aromatic heterocycles. The monoisotopic (exact) mass is 196 g/mol. The highest BCUT2D eigenvalue weighted by Gasteiger charge is 2.36. The molecular formula is C11H20N2O. The molecule has 1 atom stereocenters. The molecule has 1 unspecified atom stereocenters. The summed E-state index contributed by atoms with van der Waals surface area (Å²) in [6, 6.07) is 0. The summed E-state index contributed by atoms with van der Waals surface area (Å²) in [7, 11) is 1.78. The normalized spacial score (nSPS) is 33.1. The Morgan fingerprint density at radius 1 is 1.50 bits per heavy atom. The van der Waals surface area contributed by atoms with Gasteiger partial charge in [0.2, 0.25) is 0 Å². The molecule has 3 heteroatoms. The summed E-state index contributed by atoms with van der Waals surface area (Å²) < 4.78 is 5.52. The molecule has 1 aliphatic carbocycles. The predicted molar refractivity (Wildman–Crippen MR) is 56.7 cm³/mol. The third kappa shape index (κ3) is 1.92. The second-order valence-electron chi connectivity index (χ2n) is 4.84. The molecule has 0 aromatic rings. The molecule has 0 bridgehead atoms. The van der Waals surface area contributed by atoms with Crippen LogP contribution in [0.1, 0.15) is 32.6 Å². The Labute approximate surface area is 85.9 Å². The number of nitrogens with one attached hydrogen (secondary N) is 1. The minimum absolute atomic E-state index is 0.0283. The first-order chi connectivity index (χ1) is 6.64. The molecule has 80 valence electrons. The van der Waals surface area contributed by atoms with E-state index in [1.165, 1.54) is 12.8 Å². The number of ether oxygens (including phenoxy) is 1. The summed E-state index contributed by atoms with van der Waals surface area (Å²) in [5.41, 5.74) is -0.0283. The van der Waals surface area contributed by atoms with Crippen LogP contribution in [-0.2, 0) is 4.74 Å². The van der Waals surface area contributed by atoms with Crippen molar-refractivity contribution < 1.29 is 4.74 Å². The molecule has 2 aliphatic rings. The topological polar surface area (TPSA) is 36.3 Å². The maximum atomic E-state index is 8.02. The van der Waals surface area contributed by atoms with Gasteiger partial charge >= 0.3 is 0 Å². The Kier molecular flexibility index (Phi) is 2.52. The van der Waals surface area contributed by atoms with Gasteiger partial charge in [-0.05, 0) is 32.6 Å². The van der Waals surface area contributed by atoms with Gasteiger partial charge in [0.05, 0.1) is 11.4 Å². The van der Waals surface area contributed by atoms with Crippen LogP contribution in [0.5, 0.6) is 0 Å². The number of methoxy groups -OCH3 is 1. The molecular weight excluding hydrogens is 176 g/mol.